The van der Waals surface area contributed by atoms with Gasteiger partial charge in [-0.2, -0.15) is 0 Å². The van der Waals surface area contributed by atoms with Gasteiger partial charge in [0, 0.05) is 24.7 Å². The summed E-state index contributed by atoms with van der Waals surface area (Å²) in [4.78, 5) is 2.45. The molecule has 0 bridgehead atoms. The predicted octanol–water partition coefficient (Wildman–Crippen LogP) is 2.92. The van der Waals surface area contributed by atoms with E-state index in [0.29, 0.717) is 18.2 Å². The van der Waals surface area contributed by atoms with Crippen molar-refractivity contribution in [3.05, 3.63) is 71.3 Å². The Balaban J connectivity index is 1.71. The molecule has 1 heterocycles. The number of nitrogens with zero attached hydrogens (tertiary/aromatic N) is 2. The summed E-state index contributed by atoms with van der Waals surface area (Å²) in [5, 5.41) is 11.8. The van der Waals surface area contributed by atoms with E-state index >= 15 is 0 Å². The van der Waals surface area contributed by atoms with Crippen molar-refractivity contribution in [1.29, 1.82) is 0 Å². The summed E-state index contributed by atoms with van der Waals surface area (Å²) < 4.78 is 5.95. The highest BCUT2D eigenvalue weighted by atomic mass is 16.5. The summed E-state index contributed by atoms with van der Waals surface area (Å²) in [5.41, 5.74) is 8.74. The molecule has 126 valence electrons. The third-order valence-corrected chi connectivity index (χ3v) is 4.61. The monoisotopic (exact) mass is 325 g/mol. The fourth-order valence-corrected chi connectivity index (χ4v) is 3.09. The largest absolute Gasteiger partial charge is 0.409 e. The minimum Gasteiger partial charge on any atom is -0.409 e. The van der Waals surface area contributed by atoms with Gasteiger partial charge in [0.05, 0.1) is 12.7 Å². The van der Waals surface area contributed by atoms with Crippen LogP contribution in [0.2, 0.25) is 0 Å². The predicted molar refractivity (Wildman–Crippen MR) is 94.1 cm³/mol. The van der Waals surface area contributed by atoms with E-state index in [1.165, 1.54) is 5.56 Å². The Labute approximate surface area is 142 Å². The first kappa shape index (κ1) is 16.5. The van der Waals surface area contributed by atoms with Crippen molar-refractivity contribution in [2.24, 2.45) is 10.9 Å². The number of hydrogen-bond acceptors (Lipinski definition) is 4. The van der Waals surface area contributed by atoms with E-state index in [9.17, 15) is 0 Å². The molecule has 2 aromatic carbocycles. The molecule has 5 nitrogen and oxygen atoms in total. The number of ether oxygens (including phenoxy) is 1. The summed E-state index contributed by atoms with van der Waals surface area (Å²) >= 11 is 0. The molecule has 2 aromatic rings. The van der Waals surface area contributed by atoms with Crippen LogP contribution in [0.25, 0.3) is 0 Å². The third kappa shape index (κ3) is 3.58. The maximum atomic E-state index is 8.74. The average molecular weight is 325 g/mol. The van der Waals surface area contributed by atoms with Crippen LogP contribution in [0.1, 0.15) is 35.8 Å². The summed E-state index contributed by atoms with van der Waals surface area (Å²) in [7, 11) is 0. The van der Waals surface area contributed by atoms with Crippen LogP contribution >= 0.6 is 0 Å². The molecule has 1 aliphatic rings. The van der Waals surface area contributed by atoms with Crippen LogP contribution in [-0.2, 0) is 4.74 Å². The van der Waals surface area contributed by atoms with Gasteiger partial charge in [-0.3, -0.25) is 4.90 Å². The van der Waals surface area contributed by atoms with Gasteiger partial charge in [0.25, 0.3) is 0 Å². The first-order chi connectivity index (χ1) is 11.7. The number of benzene rings is 2. The van der Waals surface area contributed by atoms with E-state index in [-0.39, 0.29) is 11.9 Å². The quantitative estimate of drug-likeness (QED) is 0.392. The Morgan fingerprint density at radius 1 is 1.21 bits per heavy atom. The lowest BCUT2D eigenvalue weighted by molar-refractivity contribution is -0.0431. The highest BCUT2D eigenvalue weighted by molar-refractivity contribution is 5.96. The zero-order valence-corrected chi connectivity index (χ0v) is 13.8. The molecule has 3 rings (SSSR count). The topological polar surface area (TPSA) is 71.1 Å². The molecule has 2 unspecified atom stereocenters. The molecular weight excluding hydrogens is 302 g/mol. The molecular formula is C19H23N3O2. The molecule has 1 aliphatic heterocycles. The average Bonchev–Trinajstić information content (AvgIpc) is 2.67. The first-order valence-electron chi connectivity index (χ1n) is 8.17. The van der Waals surface area contributed by atoms with E-state index in [1.807, 2.05) is 30.3 Å². The lowest BCUT2D eigenvalue weighted by Crippen LogP contribution is -2.39. The Hall–Kier alpha value is -2.37. The van der Waals surface area contributed by atoms with Crippen LogP contribution in [-0.4, -0.2) is 35.6 Å². The van der Waals surface area contributed by atoms with Gasteiger partial charge in [-0.05, 0) is 18.1 Å². The number of rotatable bonds is 4. The van der Waals surface area contributed by atoms with Gasteiger partial charge in [0.15, 0.2) is 5.84 Å². The standard InChI is InChI=1S/C19H23N3O2/c1-14(15-5-3-2-4-6-15)22-11-12-24-18(13-22)16-7-9-17(10-8-16)19(20)21-23/h2-10,14,18,23H,11-13H2,1H3,(H2,20,21). The van der Waals surface area contributed by atoms with Crippen molar-refractivity contribution in [3.8, 4) is 0 Å². The molecule has 3 N–H and O–H groups in total. The van der Waals surface area contributed by atoms with Gasteiger partial charge in [-0.25, -0.2) is 0 Å². The maximum absolute atomic E-state index is 8.74. The van der Waals surface area contributed by atoms with Gasteiger partial charge in [-0.15, -0.1) is 0 Å². The lowest BCUT2D eigenvalue weighted by Gasteiger charge is -2.37. The second-order valence-electron chi connectivity index (χ2n) is 6.05. The van der Waals surface area contributed by atoms with Crippen molar-refractivity contribution in [1.82, 2.24) is 4.90 Å². The number of hydrogen-bond donors (Lipinski definition) is 2. The van der Waals surface area contributed by atoms with Crippen molar-refractivity contribution < 1.29 is 9.94 Å². The van der Waals surface area contributed by atoms with E-state index in [0.717, 1.165) is 18.7 Å². The van der Waals surface area contributed by atoms with Crippen molar-refractivity contribution in [2.75, 3.05) is 19.7 Å². The Bertz CT molecular complexity index is 686. The number of nitrogens with two attached hydrogens (primary N) is 1. The van der Waals surface area contributed by atoms with Crippen molar-refractivity contribution in [2.45, 2.75) is 19.1 Å². The number of amidine groups is 1. The zero-order chi connectivity index (χ0) is 16.9. The van der Waals surface area contributed by atoms with Crippen LogP contribution in [0.5, 0.6) is 0 Å². The summed E-state index contributed by atoms with van der Waals surface area (Å²) in [6.45, 7) is 4.72. The van der Waals surface area contributed by atoms with Crippen molar-refractivity contribution >= 4 is 5.84 Å². The zero-order valence-electron chi connectivity index (χ0n) is 13.8. The fraction of sp³-hybridized carbons (Fsp3) is 0.316. The van der Waals surface area contributed by atoms with Gasteiger partial charge in [-0.1, -0.05) is 59.8 Å². The normalized spacial score (nSPS) is 20.7. The molecule has 1 fully saturated rings. The second kappa shape index (κ2) is 7.47. The van der Waals surface area contributed by atoms with E-state index in [2.05, 4.69) is 41.2 Å². The molecule has 0 aliphatic carbocycles. The van der Waals surface area contributed by atoms with E-state index < -0.39 is 0 Å². The first-order valence-corrected chi connectivity index (χ1v) is 8.17. The highest BCUT2D eigenvalue weighted by Crippen LogP contribution is 2.28. The van der Waals surface area contributed by atoms with E-state index in [4.69, 9.17) is 15.7 Å². The van der Waals surface area contributed by atoms with Gasteiger partial charge in [0.1, 0.15) is 0 Å². The summed E-state index contributed by atoms with van der Waals surface area (Å²) in [5.74, 6) is 0.116. The summed E-state index contributed by atoms with van der Waals surface area (Å²) in [6.07, 6.45) is 0.0336. The van der Waals surface area contributed by atoms with E-state index in [1.54, 1.807) is 0 Å². The van der Waals surface area contributed by atoms with Crippen LogP contribution in [0, 0.1) is 0 Å². The SMILES string of the molecule is CC(c1ccccc1)N1CCOC(c2ccc(C(N)=NO)cc2)C1. The maximum Gasteiger partial charge on any atom is 0.170 e. The molecule has 0 saturated carbocycles. The minimum atomic E-state index is 0.0336. The minimum absolute atomic E-state index is 0.0336. The molecule has 0 radical (unpaired) electrons. The number of morpholine rings is 1. The highest BCUT2D eigenvalue weighted by Gasteiger charge is 2.25. The van der Waals surface area contributed by atoms with Crippen LogP contribution in [0.15, 0.2) is 59.8 Å². The van der Waals surface area contributed by atoms with Crippen molar-refractivity contribution in [3.63, 3.8) is 0 Å². The molecule has 0 aromatic heterocycles. The Morgan fingerprint density at radius 2 is 1.92 bits per heavy atom. The third-order valence-electron chi connectivity index (χ3n) is 4.61. The Kier molecular flexibility index (Phi) is 5.13. The molecule has 1 saturated heterocycles. The number of oxime groups is 1. The van der Waals surface area contributed by atoms with Crippen LogP contribution in [0.3, 0.4) is 0 Å². The molecule has 5 heteroatoms. The fourth-order valence-electron chi connectivity index (χ4n) is 3.09. The smallest absolute Gasteiger partial charge is 0.170 e. The van der Waals surface area contributed by atoms with Crippen LogP contribution in [0.4, 0.5) is 0 Å². The van der Waals surface area contributed by atoms with Gasteiger partial charge >= 0.3 is 0 Å². The summed E-state index contributed by atoms with van der Waals surface area (Å²) in [6, 6.07) is 18.6. The molecule has 0 amide bonds. The molecule has 2 atom stereocenters. The Morgan fingerprint density at radius 3 is 2.58 bits per heavy atom. The van der Waals surface area contributed by atoms with Gasteiger partial charge in [0.2, 0.25) is 0 Å². The van der Waals surface area contributed by atoms with Gasteiger partial charge < -0.3 is 15.7 Å². The molecule has 0 spiro atoms. The lowest BCUT2D eigenvalue weighted by atomic mass is 10.0. The second-order valence-corrected chi connectivity index (χ2v) is 6.05. The van der Waals surface area contributed by atoms with Crippen LogP contribution < -0.4 is 5.73 Å². The molecule has 24 heavy (non-hydrogen) atoms.